The zero-order chi connectivity index (χ0) is 16.5. The Hall–Kier alpha value is -3.07. The van der Waals surface area contributed by atoms with Crippen molar-refractivity contribution < 1.29 is 26.7 Å². The van der Waals surface area contributed by atoms with E-state index in [-0.39, 0.29) is 16.5 Å². The van der Waals surface area contributed by atoms with E-state index >= 15 is 0 Å². The zero-order valence-electron chi connectivity index (χ0n) is 11.2. The van der Waals surface area contributed by atoms with E-state index in [9.17, 15) is 0 Å². The van der Waals surface area contributed by atoms with Crippen LogP contribution in [0.1, 0.15) is 0 Å². The molecule has 11 heteroatoms. The molecule has 122 valence electrons. The number of rotatable bonds is 0. The Morgan fingerprint density at radius 3 is 1.91 bits per heavy atom. The van der Waals surface area contributed by atoms with Crippen LogP contribution in [0.5, 0.6) is 0 Å². The number of hydrogen-bond acceptors (Lipinski definition) is 8. The van der Waals surface area contributed by atoms with Gasteiger partial charge in [0.25, 0.3) is 0 Å². The SMILES string of the molecule is O=[N+]([O-])[O-].O=[N+]([O-])[O-].[Ni+2].c1cnc2c(c1)ccc1ncccc12. The Morgan fingerprint density at radius 1 is 0.783 bits per heavy atom. The van der Waals surface area contributed by atoms with Crippen molar-refractivity contribution in [1.82, 2.24) is 9.97 Å². The van der Waals surface area contributed by atoms with E-state index in [1.54, 1.807) is 6.20 Å². The van der Waals surface area contributed by atoms with Crippen LogP contribution in [0.3, 0.4) is 0 Å². The van der Waals surface area contributed by atoms with Crippen LogP contribution in [-0.4, -0.2) is 20.1 Å². The summed E-state index contributed by atoms with van der Waals surface area (Å²) in [7, 11) is 0. The second-order valence-electron chi connectivity index (χ2n) is 3.66. The minimum absolute atomic E-state index is 0. The van der Waals surface area contributed by atoms with Crippen molar-refractivity contribution >= 4 is 21.8 Å². The van der Waals surface area contributed by atoms with Gasteiger partial charge in [0.15, 0.2) is 0 Å². The van der Waals surface area contributed by atoms with Crippen molar-refractivity contribution in [3.8, 4) is 0 Å². The topological polar surface area (TPSA) is 158 Å². The Balaban J connectivity index is 0.000000461. The van der Waals surface area contributed by atoms with Crippen molar-refractivity contribution in [2.45, 2.75) is 0 Å². The molecule has 1 aromatic carbocycles. The van der Waals surface area contributed by atoms with Crippen LogP contribution in [-0.2, 0) is 16.5 Å². The summed E-state index contributed by atoms with van der Waals surface area (Å²) in [5.41, 5.74) is 2.02. The van der Waals surface area contributed by atoms with Crippen molar-refractivity contribution in [3.05, 3.63) is 79.4 Å². The number of aromatic nitrogens is 2. The molecule has 0 aliphatic carbocycles. The van der Waals surface area contributed by atoms with E-state index < -0.39 is 10.2 Å². The molecular formula is C12H8N4NiO6. The van der Waals surface area contributed by atoms with Gasteiger partial charge < -0.3 is 30.6 Å². The van der Waals surface area contributed by atoms with E-state index in [2.05, 4.69) is 28.2 Å². The summed E-state index contributed by atoms with van der Waals surface area (Å²) in [5.74, 6) is 0. The summed E-state index contributed by atoms with van der Waals surface area (Å²) in [6.07, 6.45) is 3.62. The predicted molar refractivity (Wildman–Crippen MR) is 77.8 cm³/mol. The van der Waals surface area contributed by atoms with Crippen LogP contribution in [0.4, 0.5) is 0 Å². The first-order chi connectivity index (χ1) is 10.4. The fourth-order valence-electron chi connectivity index (χ4n) is 1.70. The molecule has 0 fully saturated rings. The third kappa shape index (κ3) is 6.96. The van der Waals surface area contributed by atoms with Crippen LogP contribution >= 0.6 is 0 Å². The van der Waals surface area contributed by atoms with Crippen molar-refractivity contribution in [1.29, 1.82) is 0 Å². The van der Waals surface area contributed by atoms with Gasteiger partial charge in [-0.15, -0.1) is 0 Å². The molecule has 0 aliphatic rings. The van der Waals surface area contributed by atoms with E-state index in [0.29, 0.717) is 0 Å². The molecule has 3 rings (SSSR count). The normalized spacial score (nSPS) is 8.70. The summed E-state index contributed by atoms with van der Waals surface area (Å²) < 4.78 is 0. The smallest absolute Gasteiger partial charge is 0.356 e. The Morgan fingerprint density at radius 2 is 1.30 bits per heavy atom. The first-order valence-corrected chi connectivity index (χ1v) is 5.63. The Bertz CT molecular complexity index is 726. The molecule has 2 heterocycles. The van der Waals surface area contributed by atoms with Crippen LogP contribution in [0.2, 0.25) is 0 Å². The van der Waals surface area contributed by atoms with E-state index in [4.69, 9.17) is 30.6 Å². The van der Waals surface area contributed by atoms with Crippen LogP contribution in [0.15, 0.2) is 48.8 Å². The van der Waals surface area contributed by atoms with Crippen LogP contribution < -0.4 is 0 Å². The third-order valence-corrected chi connectivity index (χ3v) is 2.35. The second-order valence-corrected chi connectivity index (χ2v) is 3.66. The minimum atomic E-state index is -1.75. The number of hydrogen-bond donors (Lipinski definition) is 0. The summed E-state index contributed by atoms with van der Waals surface area (Å²) in [6.45, 7) is 0. The molecule has 0 aliphatic heterocycles. The van der Waals surface area contributed by atoms with Crippen LogP contribution in [0, 0.1) is 30.6 Å². The van der Waals surface area contributed by atoms with E-state index in [1.807, 2.05) is 24.4 Å². The van der Waals surface area contributed by atoms with Gasteiger partial charge in [-0.1, -0.05) is 12.1 Å². The number of pyridine rings is 2. The molecule has 0 saturated heterocycles. The third-order valence-electron chi connectivity index (χ3n) is 2.35. The van der Waals surface area contributed by atoms with E-state index in [0.717, 1.165) is 21.8 Å². The summed E-state index contributed by atoms with van der Waals surface area (Å²) >= 11 is 0. The molecular weight excluding hydrogens is 355 g/mol. The van der Waals surface area contributed by atoms with E-state index in [1.165, 1.54) is 0 Å². The molecule has 2 aromatic heterocycles. The quantitative estimate of drug-likeness (QED) is 0.255. The standard InChI is InChI=1S/C12H8N2.2NO3.Ni/c1-3-9-5-6-11-10(4-2-7-13-11)12(9)14-8-1;2*2-1(3)4;/h1-8H;;;/q;2*-1;+2. The maximum Gasteiger partial charge on any atom is 2.00 e. The molecule has 10 nitrogen and oxygen atoms in total. The van der Waals surface area contributed by atoms with Crippen molar-refractivity contribution in [3.63, 3.8) is 0 Å². The summed E-state index contributed by atoms with van der Waals surface area (Å²) in [4.78, 5) is 25.2. The fraction of sp³-hybridized carbons (Fsp3) is 0. The molecule has 0 N–H and O–H groups in total. The molecule has 0 spiro atoms. The number of nitrogens with zero attached hydrogens (tertiary/aromatic N) is 4. The maximum absolute atomic E-state index is 8.25. The number of fused-ring (bicyclic) bond motifs is 3. The number of benzene rings is 1. The first kappa shape index (κ1) is 19.9. The molecule has 0 unspecified atom stereocenters. The minimum Gasteiger partial charge on any atom is -0.356 e. The van der Waals surface area contributed by atoms with Gasteiger partial charge in [0.2, 0.25) is 0 Å². The summed E-state index contributed by atoms with van der Waals surface area (Å²) in [6, 6.07) is 12.1. The molecule has 0 radical (unpaired) electrons. The van der Waals surface area contributed by atoms with Gasteiger partial charge in [-0.3, -0.25) is 9.97 Å². The van der Waals surface area contributed by atoms with Gasteiger partial charge in [0, 0.05) is 23.2 Å². The van der Waals surface area contributed by atoms with Crippen LogP contribution in [0.25, 0.3) is 21.8 Å². The monoisotopic (exact) mass is 362 g/mol. The summed E-state index contributed by atoms with van der Waals surface area (Å²) in [5, 5.41) is 31.8. The van der Waals surface area contributed by atoms with Gasteiger partial charge in [0.1, 0.15) is 0 Å². The molecule has 0 atom stereocenters. The van der Waals surface area contributed by atoms with Crippen molar-refractivity contribution in [2.24, 2.45) is 0 Å². The molecule has 0 saturated carbocycles. The average molecular weight is 363 g/mol. The van der Waals surface area contributed by atoms with Gasteiger partial charge >= 0.3 is 16.5 Å². The van der Waals surface area contributed by atoms with Gasteiger partial charge in [0.05, 0.1) is 21.2 Å². The van der Waals surface area contributed by atoms with Gasteiger partial charge in [-0.25, -0.2) is 0 Å². The maximum atomic E-state index is 8.25. The largest absolute Gasteiger partial charge is 2.00 e. The Labute approximate surface area is 138 Å². The van der Waals surface area contributed by atoms with Gasteiger partial charge in [-0.05, 0) is 24.3 Å². The zero-order valence-corrected chi connectivity index (χ0v) is 12.2. The molecule has 3 aromatic rings. The Kier molecular flexibility index (Phi) is 8.49. The fourth-order valence-corrected chi connectivity index (χ4v) is 1.70. The van der Waals surface area contributed by atoms with Gasteiger partial charge in [-0.2, -0.15) is 0 Å². The second kappa shape index (κ2) is 9.79. The van der Waals surface area contributed by atoms with Crippen molar-refractivity contribution in [2.75, 3.05) is 0 Å². The molecule has 23 heavy (non-hydrogen) atoms. The predicted octanol–water partition coefficient (Wildman–Crippen LogP) is 2.30. The molecule has 0 amide bonds. The first-order valence-electron chi connectivity index (χ1n) is 5.63. The average Bonchev–Trinajstić information content (AvgIpc) is 2.46. The molecule has 0 bridgehead atoms.